The van der Waals surface area contributed by atoms with Crippen molar-refractivity contribution in [2.24, 2.45) is 5.41 Å². The Bertz CT molecular complexity index is 530. The summed E-state index contributed by atoms with van der Waals surface area (Å²) < 4.78 is 1.14. The van der Waals surface area contributed by atoms with Gasteiger partial charge in [-0.25, -0.2) is 4.98 Å². The van der Waals surface area contributed by atoms with E-state index in [9.17, 15) is 5.11 Å². The van der Waals surface area contributed by atoms with Crippen LogP contribution in [0.1, 0.15) is 17.8 Å². The van der Waals surface area contributed by atoms with Crippen LogP contribution in [0.4, 0.5) is 0 Å². The molecule has 0 saturated heterocycles. The van der Waals surface area contributed by atoms with Gasteiger partial charge < -0.3 is 5.11 Å². The van der Waals surface area contributed by atoms with Crippen LogP contribution in [0, 0.1) is 5.41 Å². The van der Waals surface area contributed by atoms with Crippen LogP contribution < -0.4 is 0 Å². The normalized spacial score (nSPS) is 17.3. The van der Waals surface area contributed by atoms with E-state index in [1.54, 1.807) is 22.7 Å². The lowest BCUT2D eigenvalue weighted by molar-refractivity contribution is 0.211. The zero-order valence-corrected chi connectivity index (χ0v) is 12.4. The Balaban J connectivity index is 1.79. The Kier molecular flexibility index (Phi) is 3.11. The van der Waals surface area contributed by atoms with Crippen LogP contribution in [0.2, 0.25) is 0 Å². The van der Waals surface area contributed by atoms with Gasteiger partial charge in [0.25, 0.3) is 0 Å². The van der Waals surface area contributed by atoms with Crippen molar-refractivity contribution in [2.45, 2.75) is 19.3 Å². The molecule has 2 aromatic rings. The second kappa shape index (κ2) is 4.46. The molecular weight excluding hydrogens is 318 g/mol. The van der Waals surface area contributed by atoms with E-state index in [0.29, 0.717) is 6.61 Å². The lowest BCUT2D eigenvalue weighted by Crippen LogP contribution is -2.09. The zero-order valence-electron chi connectivity index (χ0n) is 9.15. The highest BCUT2D eigenvalue weighted by molar-refractivity contribution is 9.11. The van der Waals surface area contributed by atoms with Gasteiger partial charge in [-0.2, -0.15) is 0 Å². The van der Waals surface area contributed by atoms with E-state index in [2.05, 4.69) is 38.4 Å². The number of rotatable bonds is 4. The summed E-state index contributed by atoms with van der Waals surface area (Å²) in [6, 6.07) is 4.14. The van der Waals surface area contributed by atoms with Crippen molar-refractivity contribution in [1.29, 1.82) is 0 Å². The van der Waals surface area contributed by atoms with Gasteiger partial charge in [-0.3, -0.25) is 0 Å². The summed E-state index contributed by atoms with van der Waals surface area (Å²) in [5.74, 6) is 0. The first kappa shape index (κ1) is 11.8. The molecule has 0 spiro atoms. The van der Waals surface area contributed by atoms with Crippen LogP contribution >= 0.6 is 38.6 Å². The second-order valence-electron chi connectivity index (χ2n) is 4.57. The average Bonchev–Trinajstić information content (AvgIpc) is 2.73. The van der Waals surface area contributed by atoms with Crippen molar-refractivity contribution in [3.05, 3.63) is 26.3 Å². The van der Waals surface area contributed by atoms with Gasteiger partial charge in [0.05, 0.1) is 19.4 Å². The predicted molar refractivity (Wildman–Crippen MR) is 75.6 cm³/mol. The smallest absolute Gasteiger partial charge is 0.0939 e. The molecule has 0 radical (unpaired) electrons. The Labute approximate surface area is 116 Å². The molecule has 1 aliphatic rings. The maximum atomic E-state index is 9.32. The van der Waals surface area contributed by atoms with Gasteiger partial charge in [0, 0.05) is 18.4 Å². The van der Waals surface area contributed by atoms with E-state index in [0.717, 1.165) is 33.8 Å². The molecule has 2 aromatic heterocycles. The number of aliphatic hydroxyl groups is 1. The van der Waals surface area contributed by atoms with Gasteiger partial charge in [0.2, 0.25) is 0 Å². The highest BCUT2D eigenvalue weighted by Crippen LogP contribution is 2.48. The summed E-state index contributed by atoms with van der Waals surface area (Å²) in [7, 11) is 0. The molecule has 0 bridgehead atoms. The van der Waals surface area contributed by atoms with Gasteiger partial charge in [0.1, 0.15) is 0 Å². The molecular formula is C12H12BrNOS2. The fourth-order valence-electron chi connectivity index (χ4n) is 1.85. The van der Waals surface area contributed by atoms with Crippen molar-refractivity contribution in [3.8, 4) is 10.6 Å². The molecule has 1 saturated carbocycles. The Morgan fingerprint density at radius 3 is 2.82 bits per heavy atom. The topological polar surface area (TPSA) is 33.1 Å². The predicted octanol–water partition coefficient (Wildman–Crippen LogP) is 3.95. The fraction of sp³-hybridized carbons (Fsp3) is 0.417. The van der Waals surface area contributed by atoms with Gasteiger partial charge in [-0.05, 0) is 46.3 Å². The molecule has 3 rings (SSSR count). The average molecular weight is 330 g/mol. The molecule has 0 aliphatic heterocycles. The highest BCUT2D eigenvalue weighted by Gasteiger charge is 2.42. The molecule has 1 N–H and O–H groups in total. The van der Waals surface area contributed by atoms with Crippen molar-refractivity contribution in [3.63, 3.8) is 0 Å². The van der Waals surface area contributed by atoms with Crippen LogP contribution in [0.15, 0.2) is 21.3 Å². The zero-order chi connectivity index (χ0) is 11.9. The number of aromatic nitrogens is 1. The van der Waals surface area contributed by atoms with E-state index in [1.165, 1.54) is 4.88 Å². The van der Waals surface area contributed by atoms with Crippen LogP contribution in [-0.4, -0.2) is 16.7 Å². The maximum Gasteiger partial charge on any atom is 0.0939 e. The third-order valence-electron chi connectivity index (χ3n) is 3.20. The lowest BCUT2D eigenvalue weighted by Gasteiger charge is -2.07. The number of nitrogens with zero attached hydrogens (tertiary/aromatic N) is 1. The van der Waals surface area contributed by atoms with E-state index >= 15 is 0 Å². The van der Waals surface area contributed by atoms with E-state index in [4.69, 9.17) is 0 Å². The van der Waals surface area contributed by atoms with Crippen molar-refractivity contribution in [1.82, 2.24) is 4.98 Å². The van der Waals surface area contributed by atoms with Crippen molar-refractivity contribution >= 4 is 38.6 Å². The molecule has 2 heterocycles. The summed E-state index contributed by atoms with van der Waals surface area (Å²) in [5, 5.41) is 12.6. The number of aliphatic hydroxyl groups excluding tert-OH is 1. The van der Waals surface area contributed by atoms with Crippen LogP contribution in [0.3, 0.4) is 0 Å². The first-order valence-electron chi connectivity index (χ1n) is 5.52. The number of hydrogen-bond acceptors (Lipinski definition) is 4. The number of thiophene rings is 1. The summed E-state index contributed by atoms with van der Waals surface area (Å²) in [6.45, 7) is 0.298. The van der Waals surface area contributed by atoms with Gasteiger partial charge >= 0.3 is 0 Å². The molecule has 2 nitrogen and oxygen atoms in total. The first-order valence-corrected chi connectivity index (χ1v) is 8.01. The summed E-state index contributed by atoms with van der Waals surface area (Å²) in [4.78, 5) is 5.87. The van der Waals surface area contributed by atoms with Crippen molar-refractivity contribution in [2.75, 3.05) is 6.61 Å². The van der Waals surface area contributed by atoms with E-state index in [-0.39, 0.29) is 5.41 Å². The van der Waals surface area contributed by atoms with Gasteiger partial charge in [-0.1, -0.05) is 0 Å². The Morgan fingerprint density at radius 1 is 1.41 bits per heavy atom. The van der Waals surface area contributed by atoms with Crippen LogP contribution in [0.25, 0.3) is 10.6 Å². The lowest BCUT2D eigenvalue weighted by atomic mass is 10.1. The third kappa shape index (κ3) is 2.47. The molecule has 0 unspecified atom stereocenters. The second-order valence-corrected chi connectivity index (χ2v) is 7.97. The quantitative estimate of drug-likeness (QED) is 0.921. The first-order chi connectivity index (χ1) is 8.21. The molecule has 1 aliphatic carbocycles. The largest absolute Gasteiger partial charge is 0.396 e. The molecule has 5 heteroatoms. The summed E-state index contributed by atoms with van der Waals surface area (Å²) >= 11 is 6.88. The summed E-state index contributed by atoms with van der Waals surface area (Å²) in [5.41, 5.74) is 1.22. The third-order valence-corrected chi connectivity index (χ3v) is 5.69. The van der Waals surface area contributed by atoms with Crippen molar-refractivity contribution < 1.29 is 5.11 Å². The number of hydrogen-bond donors (Lipinski definition) is 1. The molecule has 0 aromatic carbocycles. The van der Waals surface area contributed by atoms with Crippen LogP contribution in [0.5, 0.6) is 0 Å². The SMILES string of the molecule is OCC1(Cc2nc(-c3ccc(Br)s3)cs2)CC1. The van der Waals surface area contributed by atoms with E-state index < -0.39 is 0 Å². The Morgan fingerprint density at radius 2 is 2.24 bits per heavy atom. The van der Waals surface area contributed by atoms with Gasteiger partial charge in [-0.15, -0.1) is 22.7 Å². The molecule has 1 fully saturated rings. The monoisotopic (exact) mass is 329 g/mol. The van der Waals surface area contributed by atoms with E-state index in [1.807, 2.05) is 0 Å². The standard InChI is InChI=1S/C12H12BrNOS2/c13-10-2-1-9(17-10)8-6-16-11(14-8)5-12(7-15)3-4-12/h1-2,6,15H,3-5,7H2. The Hall–Kier alpha value is -0.230. The molecule has 0 amide bonds. The van der Waals surface area contributed by atoms with Gasteiger partial charge in [0.15, 0.2) is 0 Å². The number of thiazole rings is 1. The molecule has 17 heavy (non-hydrogen) atoms. The number of halogens is 1. The highest BCUT2D eigenvalue weighted by atomic mass is 79.9. The minimum atomic E-state index is 0.158. The molecule has 90 valence electrons. The minimum Gasteiger partial charge on any atom is -0.396 e. The minimum absolute atomic E-state index is 0.158. The maximum absolute atomic E-state index is 9.32. The summed E-state index contributed by atoms with van der Waals surface area (Å²) in [6.07, 6.45) is 3.21. The fourth-order valence-corrected chi connectivity index (χ4v) is 4.23. The molecule has 0 atom stereocenters. The van der Waals surface area contributed by atoms with Crippen LogP contribution in [-0.2, 0) is 6.42 Å².